The van der Waals surface area contributed by atoms with Crippen LogP contribution in [0.4, 0.5) is 0 Å². The van der Waals surface area contributed by atoms with Gasteiger partial charge in [-0.1, -0.05) is 72.3 Å². The van der Waals surface area contributed by atoms with Crippen LogP contribution in [0.1, 0.15) is 28.5 Å². The van der Waals surface area contributed by atoms with E-state index in [1.165, 1.54) is 10.7 Å². The fourth-order valence-corrected chi connectivity index (χ4v) is 3.74. The maximum Gasteiger partial charge on any atom is 0.305 e. The maximum atomic E-state index is 12.8. The number of rotatable bonds is 7. The lowest BCUT2D eigenvalue weighted by Gasteiger charge is -2.17. The van der Waals surface area contributed by atoms with Crippen molar-refractivity contribution in [3.63, 3.8) is 0 Å². The average Bonchev–Trinajstić information content (AvgIpc) is 3.21. The van der Waals surface area contributed by atoms with Crippen LogP contribution in [-0.4, -0.2) is 31.9 Å². The summed E-state index contributed by atoms with van der Waals surface area (Å²) in [7, 11) is 0. The zero-order chi connectivity index (χ0) is 23.4. The molecule has 0 aliphatic carbocycles. The van der Waals surface area contributed by atoms with E-state index in [-0.39, 0.29) is 18.0 Å². The molecule has 4 aromatic rings. The summed E-state index contributed by atoms with van der Waals surface area (Å²) >= 11 is 6.26. The molecule has 0 aliphatic rings. The molecule has 7 nitrogen and oxygen atoms in total. The molecule has 0 spiro atoms. The first kappa shape index (κ1) is 22.1. The Morgan fingerprint density at radius 2 is 1.64 bits per heavy atom. The van der Waals surface area contributed by atoms with Crippen LogP contribution >= 0.6 is 11.6 Å². The van der Waals surface area contributed by atoms with Gasteiger partial charge in [0.25, 0.3) is 5.91 Å². The Balaban J connectivity index is 1.57. The summed E-state index contributed by atoms with van der Waals surface area (Å²) in [5, 5.41) is 27.1. The zero-order valence-corrected chi connectivity index (χ0v) is 18.1. The van der Waals surface area contributed by atoms with Crippen molar-refractivity contribution >= 4 is 23.5 Å². The highest BCUT2D eigenvalue weighted by Gasteiger charge is 2.22. The van der Waals surface area contributed by atoms with Gasteiger partial charge in [0.05, 0.1) is 18.2 Å². The predicted molar refractivity (Wildman–Crippen MR) is 125 cm³/mol. The van der Waals surface area contributed by atoms with E-state index in [9.17, 15) is 19.8 Å². The Kier molecular flexibility index (Phi) is 6.42. The molecular formula is C25H20ClN3O4. The summed E-state index contributed by atoms with van der Waals surface area (Å²) in [4.78, 5) is 24.3. The number of para-hydroxylation sites is 1. The third-order valence-electron chi connectivity index (χ3n) is 5.11. The number of aliphatic carboxylic acids is 1. The number of nitrogens with one attached hydrogen (secondary N) is 1. The monoisotopic (exact) mass is 461 g/mol. The number of aromatic nitrogens is 2. The van der Waals surface area contributed by atoms with Crippen LogP contribution in [-0.2, 0) is 4.79 Å². The van der Waals surface area contributed by atoms with Gasteiger partial charge in [0.15, 0.2) is 5.69 Å². The molecule has 1 heterocycles. The molecule has 8 heteroatoms. The van der Waals surface area contributed by atoms with Crippen LogP contribution in [0, 0.1) is 0 Å². The smallest absolute Gasteiger partial charge is 0.305 e. The first-order valence-electron chi connectivity index (χ1n) is 10.1. The Bertz CT molecular complexity index is 1290. The van der Waals surface area contributed by atoms with Gasteiger partial charge in [-0.15, -0.1) is 0 Å². The van der Waals surface area contributed by atoms with E-state index in [1.807, 2.05) is 36.4 Å². The number of carboxylic acids is 1. The molecule has 1 amide bonds. The Morgan fingerprint density at radius 3 is 2.30 bits per heavy atom. The zero-order valence-electron chi connectivity index (χ0n) is 17.4. The number of halogens is 1. The quantitative estimate of drug-likeness (QED) is 0.365. The summed E-state index contributed by atoms with van der Waals surface area (Å²) in [6.07, 6.45) is -0.317. The van der Waals surface area contributed by atoms with Crippen LogP contribution < -0.4 is 5.32 Å². The van der Waals surface area contributed by atoms with Crippen molar-refractivity contribution in [3.05, 3.63) is 101 Å². The number of carbonyl (C=O) groups excluding carboxylic acids is 1. The van der Waals surface area contributed by atoms with Gasteiger partial charge < -0.3 is 15.5 Å². The van der Waals surface area contributed by atoms with Gasteiger partial charge in [0.2, 0.25) is 5.88 Å². The number of hydrogen-bond acceptors (Lipinski definition) is 4. The van der Waals surface area contributed by atoms with Crippen LogP contribution in [0.2, 0.25) is 5.02 Å². The fraction of sp³-hybridized carbons (Fsp3) is 0.0800. The molecule has 0 fully saturated rings. The van der Waals surface area contributed by atoms with Crippen molar-refractivity contribution in [2.45, 2.75) is 12.5 Å². The molecule has 0 radical (unpaired) electrons. The van der Waals surface area contributed by atoms with Gasteiger partial charge in [-0.25, -0.2) is 4.68 Å². The largest absolute Gasteiger partial charge is 0.493 e. The second-order valence-corrected chi connectivity index (χ2v) is 7.77. The molecule has 1 unspecified atom stereocenters. The fourth-order valence-electron chi connectivity index (χ4n) is 3.49. The highest BCUT2D eigenvalue weighted by atomic mass is 35.5. The molecule has 1 atom stereocenters. The second kappa shape index (κ2) is 9.58. The van der Waals surface area contributed by atoms with Crippen LogP contribution in [0.25, 0.3) is 16.8 Å². The number of aromatic hydroxyl groups is 1. The molecule has 1 aromatic heterocycles. The van der Waals surface area contributed by atoms with Crippen LogP contribution in [0.3, 0.4) is 0 Å². The minimum atomic E-state index is -1.06. The third kappa shape index (κ3) is 5.05. The van der Waals surface area contributed by atoms with Crippen molar-refractivity contribution < 1.29 is 19.8 Å². The molecule has 0 aliphatic heterocycles. The molecule has 4 rings (SSSR count). The van der Waals surface area contributed by atoms with Crippen molar-refractivity contribution in [1.29, 1.82) is 0 Å². The van der Waals surface area contributed by atoms with Crippen molar-refractivity contribution in [3.8, 4) is 22.7 Å². The van der Waals surface area contributed by atoms with Gasteiger partial charge in [-0.2, -0.15) is 5.10 Å². The number of nitrogens with zero attached hydrogens (tertiary/aromatic N) is 2. The molecular weight excluding hydrogens is 442 g/mol. The first-order chi connectivity index (χ1) is 15.9. The van der Waals surface area contributed by atoms with E-state index < -0.39 is 17.9 Å². The van der Waals surface area contributed by atoms with Crippen LogP contribution in [0.15, 0.2) is 84.9 Å². The van der Waals surface area contributed by atoms with Gasteiger partial charge in [0.1, 0.15) is 0 Å². The SMILES string of the molecule is O=C(O)CC(NC(=O)c1cc(O)n(-c2ccccc2)n1)c1ccc(-c2ccccc2Cl)cc1. The topological polar surface area (TPSA) is 104 Å². The summed E-state index contributed by atoms with van der Waals surface area (Å²) in [5.41, 5.74) is 2.90. The molecule has 3 N–H and O–H groups in total. The summed E-state index contributed by atoms with van der Waals surface area (Å²) in [6.45, 7) is 0. The molecule has 0 saturated carbocycles. The minimum Gasteiger partial charge on any atom is -0.493 e. The van der Waals surface area contributed by atoms with Crippen molar-refractivity contribution in [2.24, 2.45) is 0 Å². The third-order valence-corrected chi connectivity index (χ3v) is 5.44. The van der Waals surface area contributed by atoms with Gasteiger partial charge in [0, 0.05) is 16.7 Å². The maximum absolute atomic E-state index is 12.8. The second-order valence-electron chi connectivity index (χ2n) is 7.36. The van der Waals surface area contributed by atoms with Gasteiger partial charge in [-0.3, -0.25) is 9.59 Å². The van der Waals surface area contributed by atoms with E-state index in [0.717, 1.165) is 11.1 Å². The normalized spacial score (nSPS) is 11.7. The highest BCUT2D eigenvalue weighted by Crippen LogP contribution is 2.29. The molecule has 0 saturated heterocycles. The summed E-state index contributed by atoms with van der Waals surface area (Å²) in [5.74, 6) is -1.86. The van der Waals surface area contributed by atoms with E-state index in [0.29, 0.717) is 16.3 Å². The molecule has 33 heavy (non-hydrogen) atoms. The lowest BCUT2D eigenvalue weighted by Crippen LogP contribution is -2.30. The van der Waals surface area contributed by atoms with E-state index in [1.54, 1.807) is 42.5 Å². The number of benzene rings is 3. The predicted octanol–water partition coefficient (Wildman–Crippen LogP) is 4.84. The van der Waals surface area contributed by atoms with Gasteiger partial charge >= 0.3 is 5.97 Å². The number of carbonyl (C=O) groups is 2. The molecule has 3 aromatic carbocycles. The lowest BCUT2D eigenvalue weighted by atomic mass is 9.99. The number of carboxylic acid groups (broad SMARTS) is 1. The Labute approximate surface area is 194 Å². The molecule has 0 bridgehead atoms. The Hall–Kier alpha value is -4.10. The number of amides is 1. The average molecular weight is 462 g/mol. The van der Waals surface area contributed by atoms with Crippen molar-refractivity contribution in [1.82, 2.24) is 15.1 Å². The van der Waals surface area contributed by atoms with Crippen LogP contribution in [0.5, 0.6) is 5.88 Å². The van der Waals surface area contributed by atoms with Crippen molar-refractivity contribution in [2.75, 3.05) is 0 Å². The summed E-state index contributed by atoms with van der Waals surface area (Å²) in [6, 6.07) is 23.9. The Morgan fingerprint density at radius 1 is 0.970 bits per heavy atom. The first-order valence-corrected chi connectivity index (χ1v) is 10.5. The standard InChI is InChI=1S/C25H20ClN3O4/c26-20-9-5-4-8-19(20)16-10-12-17(13-11-16)21(15-24(31)32)27-25(33)22-14-23(30)29(28-22)18-6-2-1-3-7-18/h1-14,21,30H,15H2,(H,27,33)(H,31,32). The lowest BCUT2D eigenvalue weighted by molar-refractivity contribution is -0.137. The molecule has 166 valence electrons. The summed E-state index contributed by atoms with van der Waals surface area (Å²) < 4.78 is 1.24. The minimum absolute atomic E-state index is 0.0283. The van der Waals surface area contributed by atoms with E-state index in [2.05, 4.69) is 10.4 Å². The highest BCUT2D eigenvalue weighted by molar-refractivity contribution is 6.33. The van der Waals surface area contributed by atoms with Gasteiger partial charge in [-0.05, 0) is 29.3 Å². The van der Waals surface area contributed by atoms with E-state index in [4.69, 9.17) is 11.6 Å². The van der Waals surface area contributed by atoms with E-state index >= 15 is 0 Å². The number of hydrogen-bond donors (Lipinski definition) is 3.